The Labute approximate surface area is 200 Å². The topological polar surface area (TPSA) is 79.0 Å². The number of methoxy groups -OCH3 is 1. The molecule has 2 aromatic carbocycles. The van der Waals surface area contributed by atoms with Crippen molar-refractivity contribution in [1.29, 1.82) is 0 Å². The number of rotatable bonds is 10. The van der Waals surface area contributed by atoms with Gasteiger partial charge in [0.25, 0.3) is 0 Å². The van der Waals surface area contributed by atoms with Gasteiger partial charge in [0.1, 0.15) is 5.75 Å². The van der Waals surface area contributed by atoms with E-state index in [1.165, 1.54) is 22.5 Å². The van der Waals surface area contributed by atoms with E-state index in [0.717, 1.165) is 37.0 Å². The number of amides is 1. The van der Waals surface area contributed by atoms with Crippen LogP contribution in [0.15, 0.2) is 47.4 Å². The van der Waals surface area contributed by atoms with Crippen LogP contribution in [0.2, 0.25) is 5.02 Å². The molecule has 7 nitrogen and oxygen atoms in total. The molecule has 1 amide bonds. The van der Waals surface area contributed by atoms with Gasteiger partial charge in [-0.15, -0.1) is 0 Å². The predicted molar refractivity (Wildman–Crippen MR) is 129 cm³/mol. The second-order valence-electron chi connectivity index (χ2n) is 8.56. The molecular weight excluding hydrogens is 462 g/mol. The summed E-state index contributed by atoms with van der Waals surface area (Å²) in [4.78, 5) is 15.2. The zero-order valence-corrected chi connectivity index (χ0v) is 20.4. The summed E-state index contributed by atoms with van der Waals surface area (Å²) in [5.41, 5.74) is 1.42. The summed E-state index contributed by atoms with van der Waals surface area (Å²) in [6.07, 6.45) is 4.26. The molecule has 4 rings (SSSR count). The van der Waals surface area contributed by atoms with Crippen molar-refractivity contribution in [3.63, 3.8) is 0 Å². The van der Waals surface area contributed by atoms with E-state index in [4.69, 9.17) is 16.3 Å². The summed E-state index contributed by atoms with van der Waals surface area (Å²) in [6, 6.07) is 12.9. The number of carbonyl (C=O) groups is 1. The van der Waals surface area contributed by atoms with Crippen LogP contribution in [0.5, 0.6) is 5.75 Å². The predicted octanol–water partition coefficient (Wildman–Crippen LogP) is 4.13. The molecule has 1 aliphatic carbocycles. The highest BCUT2D eigenvalue weighted by Crippen LogP contribution is 2.31. The Morgan fingerprint density at radius 3 is 2.61 bits per heavy atom. The third-order valence-electron chi connectivity index (χ3n) is 6.17. The minimum absolute atomic E-state index is 0.153. The molecule has 0 spiro atoms. The van der Waals surface area contributed by atoms with Gasteiger partial charge in [0.15, 0.2) is 0 Å². The van der Waals surface area contributed by atoms with Crippen molar-refractivity contribution in [3.05, 3.63) is 53.1 Å². The van der Waals surface area contributed by atoms with E-state index in [1.807, 2.05) is 24.3 Å². The summed E-state index contributed by atoms with van der Waals surface area (Å²) in [6.45, 7) is 2.36. The lowest BCUT2D eigenvalue weighted by Crippen LogP contribution is -2.30. The quantitative estimate of drug-likeness (QED) is 0.540. The van der Waals surface area contributed by atoms with Crippen molar-refractivity contribution in [2.45, 2.75) is 49.6 Å². The maximum atomic E-state index is 12.9. The monoisotopic (exact) mass is 491 g/mol. The largest absolute Gasteiger partial charge is 0.496 e. The van der Waals surface area contributed by atoms with Crippen molar-refractivity contribution in [3.8, 4) is 5.75 Å². The highest BCUT2D eigenvalue weighted by Gasteiger charge is 2.30. The van der Waals surface area contributed by atoms with Gasteiger partial charge in [-0.2, -0.15) is 4.31 Å². The van der Waals surface area contributed by atoms with E-state index in [0.29, 0.717) is 42.9 Å². The van der Waals surface area contributed by atoms with Crippen LogP contribution < -0.4 is 10.1 Å². The van der Waals surface area contributed by atoms with Gasteiger partial charge in [-0.05, 0) is 49.9 Å². The minimum atomic E-state index is -3.58. The molecule has 0 aromatic heterocycles. The lowest BCUT2D eigenvalue weighted by molar-refractivity contribution is -0.116. The van der Waals surface area contributed by atoms with Gasteiger partial charge in [-0.1, -0.05) is 29.8 Å². The van der Waals surface area contributed by atoms with Crippen LogP contribution in [-0.4, -0.2) is 56.3 Å². The average Bonchev–Trinajstić information content (AvgIpc) is 3.50. The highest BCUT2D eigenvalue weighted by molar-refractivity contribution is 7.89. The number of hydrogen-bond acceptors (Lipinski definition) is 5. The SMILES string of the molecule is COc1ccccc1CN(CCC(=O)Nc1cc(S(=O)(=O)N2CCCC2)ccc1Cl)C1CC1. The van der Waals surface area contributed by atoms with E-state index in [1.54, 1.807) is 7.11 Å². The Morgan fingerprint density at radius 1 is 1.18 bits per heavy atom. The Balaban J connectivity index is 1.40. The highest BCUT2D eigenvalue weighted by atomic mass is 35.5. The molecule has 9 heteroatoms. The molecule has 0 radical (unpaired) electrons. The Kier molecular flexibility index (Phi) is 7.58. The molecule has 2 aliphatic rings. The van der Waals surface area contributed by atoms with Crippen LogP contribution in [-0.2, 0) is 21.4 Å². The van der Waals surface area contributed by atoms with Crippen molar-refractivity contribution in [2.75, 3.05) is 32.1 Å². The molecule has 2 fully saturated rings. The number of hydrogen-bond donors (Lipinski definition) is 1. The molecule has 2 aromatic rings. The fourth-order valence-corrected chi connectivity index (χ4v) is 5.89. The molecule has 1 N–H and O–H groups in total. The van der Waals surface area contributed by atoms with Crippen LogP contribution in [0, 0.1) is 0 Å². The van der Waals surface area contributed by atoms with Crippen LogP contribution in [0.25, 0.3) is 0 Å². The molecule has 0 unspecified atom stereocenters. The molecule has 0 bridgehead atoms. The van der Waals surface area contributed by atoms with Crippen molar-refractivity contribution in [1.82, 2.24) is 9.21 Å². The van der Waals surface area contributed by atoms with E-state index >= 15 is 0 Å². The molecule has 1 aliphatic heterocycles. The summed E-state index contributed by atoms with van der Waals surface area (Å²) >= 11 is 6.27. The van der Waals surface area contributed by atoms with E-state index in [9.17, 15) is 13.2 Å². The maximum absolute atomic E-state index is 12.9. The molecule has 1 saturated carbocycles. The van der Waals surface area contributed by atoms with Gasteiger partial charge in [0.2, 0.25) is 15.9 Å². The van der Waals surface area contributed by atoms with Gasteiger partial charge < -0.3 is 10.1 Å². The summed E-state index contributed by atoms with van der Waals surface area (Å²) in [5, 5.41) is 3.13. The Bertz CT molecular complexity index is 1100. The first kappa shape index (κ1) is 24.0. The number of anilines is 1. The fourth-order valence-electron chi connectivity index (χ4n) is 4.18. The van der Waals surface area contributed by atoms with Crippen molar-refractivity contribution < 1.29 is 17.9 Å². The number of carbonyl (C=O) groups excluding carboxylic acids is 1. The minimum Gasteiger partial charge on any atom is -0.496 e. The molecular formula is C24H30ClN3O4S. The number of para-hydroxylation sites is 1. The molecule has 178 valence electrons. The lowest BCUT2D eigenvalue weighted by Gasteiger charge is -2.23. The van der Waals surface area contributed by atoms with Crippen molar-refractivity contribution in [2.24, 2.45) is 0 Å². The number of benzene rings is 2. The molecule has 33 heavy (non-hydrogen) atoms. The van der Waals surface area contributed by atoms with Gasteiger partial charge >= 0.3 is 0 Å². The first-order chi connectivity index (χ1) is 15.9. The van der Waals surface area contributed by atoms with E-state index < -0.39 is 10.0 Å². The summed E-state index contributed by atoms with van der Waals surface area (Å²) in [7, 11) is -1.92. The Morgan fingerprint density at radius 2 is 1.91 bits per heavy atom. The van der Waals surface area contributed by atoms with Gasteiger partial charge in [0.05, 0.1) is 22.7 Å². The fraction of sp³-hybridized carbons (Fsp3) is 0.458. The van der Waals surface area contributed by atoms with Crippen LogP contribution >= 0.6 is 11.6 Å². The lowest BCUT2D eigenvalue weighted by atomic mass is 10.1. The van der Waals surface area contributed by atoms with Crippen LogP contribution in [0.4, 0.5) is 5.69 Å². The summed E-state index contributed by atoms with van der Waals surface area (Å²) < 4.78 is 32.7. The van der Waals surface area contributed by atoms with Gasteiger partial charge in [-0.3, -0.25) is 9.69 Å². The molecule has 1 heterocycles. The normalized spacial score (nSPS) is 16.8. The number of nitrogens with zero attached hydrogens (tertiary/aromatic N) is 2. The van der Waals surface area contributed by atoms with Crippen LogP contribution in [0.1, 0.15) is 37.7 Å². The third-order valence-corrected chi connectivity index (χ3v) is 8.39. The molecule has 0 atom stereocenters. The molecule has 1 saturated heterocycles. The average molecular weight is 492 g/mol. The number of ether oxygens (including phenoxy) is 1. The second-order valence-corrected chi connectivity index (χ2v) is 10.9. The van der Waals surface area contributed by atoms with E-state index in [2.05, 4.69) is 10.2 Å². The van der Waals surface area contributed by atoms with E-state index in [-0.39, 0.29) is 17.2 Å². The van der Waals surface area contributed by atoms with Crippen LogP contribution in [0.3, 0.4) is 0 Å². The maximum Gasteiger partial charge on any atom is 0.243 e. The first-order valence-corrected chi connectivity index (χ1v) is 13.2. The van der Waals surface area contributed by atoms with Crippen molar-refractivity contribution >= 4 is 33.2 Å². The zero-order chi connectivity index (χ0) is 23.4. The number of halogens is 1. The zero-order valence-electron chi connectivity index (χ0n) is 18.8. The number of sulfonamides is 1. The smallest absolute Gasteiger partial charge is 0.243 e. The Hall–Kier alpha value is -2.13. The first-order valence-electron chi connectivity index (χ1n) is 11.3. The number of nitrogens with one attached hydrogen (secondary N) is 1. The standard InChI is InChI=1S/C24H30ClN3O4S/c1-32-23-7-3-2-6-18(23)17-27(19-8-9-19)15-12-24(29)26-22-16-20(10-11-21(22)25)33(30,31)28-13-4-5-14-28/h2-3,6-7,10-11,16,19H,4-5,8-9,12-15,17H2,1H3,(H,26,29). The third kappa shape index (κ3) is 5.87. The van der Waals surface area contributed by atoms with Gasteiger partial charge in [-0.25, -0.2) is 8.42 Å². The summed E-state index contributed by atoms with van der Waals surface area (Å²) in [5.74, 6) is 0.647. The second kappa shape index (κ2) is 10.4. The van der Waals surface area contributed by atoms with Gasteiger partial charge in [0, 0.05) is 44.2 Å².